The average Bonchev–Trinajstić information content (AvgIpc) is 3.19. The first-order chi connectivity index (χ1) is 12.9. The standard InChI is InChI=1S/C20H17ClN4O2/c1-10-6-13-7-17(24-19(13)22-9-10)15-8-14(4-5-16(15)21)23-20(26)18-11(2)25-27-12(18)3/h4-6,8-9H,7H2,1-3H3,(H,23,26). The topological polar surface area (TPSA) is 80.4 Å². The SMILES string of the molecule is Cc1cnc2c(c1)CC(c1cc(NC(=O)c3c(C)noc3C)ccc1Cl)=N2. The van der Waals surface area contributed by atoms with Gasteiger partial charge in [0.1, 0.15) is 11.3 Å². The van der Waals surface area contributed by atoms with Crippen LogP contribution in [-0.4, -0.2) is 21.8 Å². The molecule has 0 aliphatic carbocycles. The first kappa shape index (κ1) is 17.4. The lowest BCUT2D eigenvalue weighted by molar-refractivity contribution is 0.102. The zero-order valence-electron chi connectivity index (χ0n) is 15.1. The van der Waals surface area contributed by atoms with Crippen LogP contribution in [-0.2, 0) is 6.42 Å². The maximum absolute atomic E-state index is 12.6. The molecule has 0 spiro atoms. The van der Waals surface area contributed by atoms with Crippen molar-refractivity contribution < 1.29 is 9.32 Å². The van der Waals surface area contributed by atoms with Crippen LogP contribution in [0.15, 0.2) is 40.0 Å². The number of nitrogens with one attached hydrogen (secondary N) is 1. The summed E-state index contributed by atoms with van der Waals surface area (Å²) in [4.78, 5) is 21.5. The summed E-state index contributed by atoms with van der Waals surface area (Å²) >= 11 is 6.40. The number of hydrogen-bond acceptors (Lipinski definition) is 5. The highest BCUT2D eigenvalue weighted by molar-refractivity contribution is 6.34. The molecule has 2 aromatic heterocycles. The summed E-state index contributed by atoms with van der Waals surface area (Å²) in [5.41, 5.74) is 5.41. The minimum atomic E-state index is -0.270. The van der Waals surface area contributed by atoms with Gasteiger partial charge in [-0.2, -0.15) is 0 Å². The van der Waals surface area contributed by atoms with E-state index >= 15 is 0 Å². The number of amides is 1. The quantitative estimate of drug-likeness (QED) is 0.721. The van der Waals surface area contributed by atoms with Crippen LogP contribution < -0.4 is 5.32 Å². The van der Waals surface area contributed by atoms with E-state index in [1.807, 2.05) is 13.0 Å². The summed E-state index contributed by atoms with van der Waals surface area (Å²) in [6.45, 7) is 5.45. The number of aryl methyl sites for hydroxylation is 3. The Kier molecular flexibility index (Phi) is 4.28. The Morgan fingerprint density at radius 1 is 1.22 bits per heavy atom. The minimum Gasteiger partial charge on any atom is -0.361 e. The highest BCUT2D eigenvalue weighted by Crippen LogP contribution is 2.31. The molecule has 0 saturated heterocycles. The predicted molar refractivity (Wildman–Crippen MR) is 104 cm³/mol. The van der Waals surface area contributed by atoms with Crippen LogP contribution in [0, 0.1) is 20.8 Å². The van der Waals surface area contributed by atoms with Crippen molar-refractivity contribution >= 4 is 34.7 Å². The number of fused-ring (bicyclic) bond motifs is 1. The van der Waals surface area contributed by atoms with Crippen LogP contribution in [0.4, 0.5) is 11.5 Å². The molecule has 0 bridgehead atoms. The normalized spacial score (nSPS) is 12.7. The van der Waals surface area contributed by atoms with Gasteiger partial charge in [0, 0.05) is 34.5 Å². The summed E-state index contributed by atoms with van der Waals surface area (Å²) in [5, 5.41) is 7.28. The van der Waals surface area contributed by atoms with E-state index in [1.165, 1.54) is 0 Å². The van der Waals surface area contributed by atoms with Gasteiger partial charge >= 0.3 is 0 Å². The number of anilines is 1. The van der Waals surface area contributed by atoms with Gasteiger partial charge < -0.3 is 9.84 Å². The summed E-state index contributed by atoms with van der Waals surface area (Å²) in [7, 11) is 0. The Balaban J connectivity index is 1.62. The van der Waals surface area contributed by atoms with Gasteiger partial charge in [0.2, 0.25) is 0 Å². The van der Waals surface area contributed by atoms with Crippen LogP contribution in [0.2, 0.25) is 5.02 Å². The first-order valence-corrected chi connectivity index (χ1v) is 8.87. The molecule has 1 amide bonds. The van der Waals surface area contributed by atoms with Crippen LogP contribution in [0.5, 0.6) is 0 Å². The third-order valence-corrected chi connectivity index (χ3v) is 4.80. The maximum atomic E-state index is 12.6. The number of halogens is 1. The van der Waals surface area contributed by atoms with Crippen LogP contribution >= 0.6 is 11.6 Å². The van der Waals surface area contributed by atoms with Crippen molar-refractivity contribution in [3.05, 3.63) is 69.2 Å². The van der Waals surface area contributed by atoms with Crippen molar-refractivity contribution in [3.63, 3.8) is 0 Å². The number of carbonyl (C=O) groups excluding carboxylic acids is 1. The second-order valence-corrected chi connectivity index (χ2v) is 6.99. The second-order valence-electron chi connectivity index (χ2n) is 6.58. The van der Waals surface area contributed by atoms with Crippen LogP contribution in [0.25, 0.3) is 0 Å². The molecule has 1 aliphatic heterocycles. The van der Waals surface area contributed by atoms with Gasteiger partial charge in [0.15, 0.2) is 5.82 Å². The molecule has 1 N–H and O–H groups in total. The lowest BCUT2D eigenvalue weighted by Gasteiger charge is -2.09. The molecule has 3 heterocycles. The van der Waals surface area contributed by atoms with Crippen LogP contribution in [0.3, 0.4) is 0 Å². The number of pyridine rings is 1. The molecule has 27 heavy (non-hydrogen) atoms. The van der Waals surface area contributed by atoms with Crippen molar-refractivity contribution in [2.45, 2.75) is 27.2 Å². The first-order valence-electron chi connectivity index (χ1n) is 8.49. The fourth-order valence-corrected chi connectivity index (χ4v) is 3.41. The molecule has 7 heteroatoms. The summed E-state index contributed by atoms with van der Waals surface area (Å²) in [5.74, 6) is 0.932. The van der Waals surface area contributed by atoms with E-state index in [2.05, 4.69) is 26.5 Å². The fraction of sp³-hybridized carbons (Fsp3) is 0.200. The fourth-order valence-electron chi connectivity index (χ4n) is 3.18. The van der Waals surface area contributed by atoms with Crippen molar-refractivity contribution in [3.8, 4) is 0 Å². The van der Waals surface area contributed by atoms with E-state index in [0.29, 0.717) is 34.1 Å². The smallest absolute Gasteiger partial charge is 0.261 e. The number of nitrogens with zero attached hydrogens (tertiary/aromatic N) is 3. The van der Waals surface area contributed by atoms with Gasteiger partial charge in [0.05, 0.1) is 11.4 Å². The van der Waals surface area contributed by atoms with E-state index in [4.69, 9.17) is 16.1 Å². The Morgan fingerprint density at radius 2 is 2.04 bits per heavy atom. The summed E-state index contributed by atoms with van der Waals surface area (Å²) in [6, 6.07) is 7.42. The van der Waals surface area contributed by atoms with Gasteiger partial charge in [-0.05, 0) is 44.5 Å². The highest BCUT2D eigenvalue weighted by atomic mass is 35.5. The molecule has 136 valence electrons. The van der Waals surface area contributed by atoms with Gasteiger partial charge in [0.25, 0.3) is 5.91 Å². The Labute approximate surface area is 161 Å². The largest absolute Gasteiger partial charge is 0.361 e. The van der Waals surface area contributed by atoms with Crippen molar-refractivity contribution in [1.29, 1.82) is 0 Å². The average molecular weight is 381 g/mol. The molecule has 1 aromatic carbocycles. The lowest BCUT2D eigenvalue weighted by Crippen LogP contribution is -2.14. The molecular weight excluding hydrogens is 364 g/mol. The minimum absolute atomic E-state index is 0.270. The molecule has 3 aromatic rings. The van der Waals surface area contributed by atoms with Crippen molar-refractivity contribution in [2.75, 3.05) is 5.32 Å². The number of benzene rings is 1. The summed E-state index contributed by atoms with van der Waals surface area (Å²) < 4.78 is 5.07. The van der Waals surface area contributed by atoms with Gasteiger partial charge in [-0.1, -0.05) is 22.8 Å². The lowest BCUT2D eigenvalue weighted by atomic mass is 10.0. The zero-order chi connectivity index (χ0) is 19.1. The molecule has 1 aliphatic rings. The maximum Gasteiger partial charge on any atom is 0.261 e. The molecule has 0 fully saturated rings. The molecule has 0 atom stereocenters. The van der Waals surface area contributed by atoms with Crippen LogP contribution in [0.1, 0.15) is 38.5 Å². The van der Waals surface area contributed by atoms with Crippen molar-refractivity contribution in [1.82, 2.24) is 10.1 Å². The summed E-state index contributed by atoms with van der Waals surface area (Å²) in [6.07, 6.45) is 2.46. The van der Waals surface area contributed by atoms with Gasteiger partial charge in [-0.25, -0.2) is 9.98 Å². The molecule has 4 rings (SSSR count). The van der Waals surface area contributed by atoms with E-state index in [9.17, 15) is 4.79 Å². The van der Waals surface area contributed by atoms with E-state index in [1.54, 1.807) is 32.2 Å². The number of aliphatic imine (C=N–C) groups is 1. The number of aromatic nitrogens is 2. The third kappa shape index (κ3) is 3.24. The highest BCUT2D eigenvalue weighted by Gasteiger charge is 2.21. The zero-order valence-corrected chi connectivity index (χ0v) is 15.9. The second kappa shape index (κ2) is 6.63. The number of carbonyl (C=O) groups is 1. The number of hydrogen-bond donors (Lipinski definition) is 1. The monoisotopic (exact) mass is 380 g/mol. The van der Waals surface area contributed by atoms with E-state index in [0.717, 1.165) is 28.2 Å². The van der Waals surface area contributed by atoms with E-state index < -0.39 is 0 Å². The van der Waals surface area contributed by atoms with Crippen molar-refractivity contribution in [2.24, 2.45) is 4.99 Å². The molecule has 0 unspecified atom stereocenters. The third-order valence-electron chi connectivity index (χ3n) is 4.47. The molecule has 6 nitrogen and oxygen atoms in total. The number of rotatable bonds is 3. The van der Waals surface area contributed by atoms with E-state index in [-0.39, 0.29) is 5.91 Å². The Hall–Kier alpha value is -2.99. The van der Waals surface area contributed by atoms with Gasteiger partial charge in [-0.15, -0.1) is 0 Å². The Bertz CT molecular complexity index is 1080. The molecular formula is C20H17ClN4O2. The van der Waals surface area contributed by atoms with Gasteiger partial charge in [-0.3, -0.25) is 4.79 Å². The molecule has 0 radical (unpaired) electrons. The Morgan fingerprint density at radius 3 is 2.78 bits per heavy atom. The molecule has 0 saturated carbocycles. The predicted octanol–water partition coefficient (Wildman–Crippen LogP) is 4.58.